The quantitative estimate of drug-likeness (QED) is 0.779. The number of nitrogens with one attached hydrogen (secondary N) is 2. The summed E-state index contributed by atoms with van der Waals surface area (Å²) in [7, 11) is -3.22. The lowest BCUT2D eigenvalue weighted by molar-refractivity contribution is -0.122. The number of anilines is 2. The minimum absolute atomic E-state index is 0.0357. The third-order valence-electron chi connectivity index (χ3n) is 5.43. The van der Waals surface area contributed by atoms with E-state index in [1.54, 1.807) is 24.3 Å². The molecule has 152 valence electrons. The molecule has 0 bridgehead atoms. The number of sulfone groups is 1. The van der Waals surface area contributed by atoms with Crippen molar-refractivity contribution in [3.05, 3.63) is 54.1 Å². The van der Waals surface area contributed by atoms with Crippen LogP contribution in [0.4, 0.5) is 11.4 Å². The van der Waals surface area contributed by atoms with Gasteiger partial charge in [0.2, 0.25) is 11.8 Å². The fourth-order valence-electron chi connectivity index (χ4n) is 3.96. The van der Waals surface area contributed by atoms with Crippen molar-refractivity contribution < 1.29 is 18.0 Å². The van der Waals surface area contributed by atoms with Crippen LogP contribution in [0.3, 0.4) is 0 Å². The molecular weight excluding hydrogens is 390 g/mol. The molecule has 2 aromatic rings. The minimum Gasteiger partial charge on any atom is -0.356 e. The van der Waals surface area contributed by atoms with Crippen LogP contribution in [-0.2, 0) is 25.8 Å². The van der Waals surface area contributed by atoms with Crippen molar-refractivity contribution in [3.8, 4) is 0 Å². The largest absolute Gasteiger partial charge is 0.356 e. The fraction of sp³-hybridized carbons (Fsp3) is 0.333. The van der Waals surface area contributed by atoms with Crippen LogP contribution in [-0.4, -0.2) is 45.1 Å². The van der Waals surface area contributed by atoms with E-state index in [1.165, 1.54) is 6.26 Å². The monoisotopic (exact) mass is 413 g/mol. The summed E-state index contributed by atoms with van der Waals surface area (Å²) >= 11 is 0. The van der Waals surface area contributed by atoms with Crippen LogP contribution in [0, 0.1) is 0 Å². The third-order valence-corrected chi connectivity index (χ3v) is 6.56. The van der Waals surface area contributed by atoms with E-state index in [1.807, 2.05) is 24.3 Å². The highest BCUT2D eigenvalue weighted by Gasteiger charge is 2.41. The maximum absolute atomic E-state index is 12.4. The van der Waals surface area contributed by atoms with Gasteiger partial charge in [-0.1, -0.05) is 24.3 Å². The summed E-state index contributed by atoms with van der Waals surface area (Å²) in [5, 5.41) is 5.97. The first-order valence-electron chi connectivity index (χ1n) is 9.56. The van der Waals surface area contributed by atoms with E-state index in [0.29, 0.717) is 25.8 Å². The molecule has 1 fully saturated rings. The number of nitrogens with zero attached hydrogens (tertiary/aromatic N) is 1. The Hall–Kier alpha value is -2.87. The van der Waals surface area contributed by atoms with Crippen LogP contribution in [0.1, 0.15) is 18.4 Å². The summed E-state index contributed by atoms with van der Waals surface area (Å²) in [6.45, 7) is 0.601. The second-order valence-electron chi connectivity index (χ2n) is 7.59. The normalized spacial score (nSPS) is 20.6. The number of rotatable bonds is 5. The second kappa shape index (κ2) is 7.51. The maximum Gasteiger partial charge on any atom is 0.247 e. The van der Waals surface area contributed by atoms with Crippen LogP contribution in [0.15, 0.2) is 53.4 Å². The average molecular weight is 413 g/mol. The molecule has 2 aliphatic rings. The van der Waals surface area contributed by atoms with Gasteiger partial charge in [0.05, 0.1) is 16.3 Å². The first kappa shape index (κ1) is 19.4. The molecule has 4 rings (SSSR count). The molecule has 2 heterocycles. The summed E-state index contributed by atoms with van der Waals surface area (Å²) in [4.78, 5) is 27.1. The van der Waals surface area contributed by atoms with Crippen LogP contribution in [0.5, 0.6) is 0 Å². The van der Waals surface area contributed by atoms with Crippen molar-refractivity contribution in [1.82, 2.24) is 5.32 Å². The number of hydrogen-bond donors (Lipinski definition) is 2. The zero-order valence-electron chi connectivity index (χ0n) is 16.1. The molecule has 7 nitrogen and oxygen atoms in total. The molecule has 0 saturated carbocycles. The highest BCUT2D eigenvalue weighted by atomic mass is 32.2. The molecule has 2 unspecified atom stereocenters. The van der Waals surface area contributed by atoms with E-state index in [2.05, 4.69) is 15.5 Å². The first-order chi connectivity index (χ1) is 13.8. The average Bonchev–Trinajstić information content (AvgIpc) is 3.11. The van der Waals surface area contributed by atoms with E-state index < -0.39 is 9.84 Å². The molecule has 0 spiro atoms. The Labute approximate surface area is 170 Å². The summed E-state index contributed by atoms with van der Waals surface area (Å²) in [6.07, 6.45) is 2.58. The molecule has 2 atom stereocenters. The van der Waals surface area contributed by atoms with Gasteiger partial charge in [0.15, 0.2) is 9.84 Å². The van der Waals surface area contributed by atoms with Gasteiger partial charge in [-0.25, -0.2) is 8.42 Å². The van der Waals surface area contributed by atoms with Crippen LogP contribution in [0.25, 0.3) is 0 Å². The predicted octanol–water partition coefficient (Wildman–Crippen LogP) is 1.74. The molecule has 2 amide bonds. The van der Waals surface area contributed by atoms with Crippen molar-refractivity contribution in [3.63, 3.8) is 0 Å². The molecule has 1 saturated heterocycles. The Kier molecular flexibility index (Phi) is 5.04. The van der Waals surface area contributed by atoms with Crippen molar-refractivity contribution in [2.24, 2.45) is 0 Å². The Morgan fingerprint density at radius 2 is 1.90 bits per heavy atom. The summed E-state index contributed by atoms with van der Waals surface area (Å²) in [6, 6.07) is 13.9. The molecular formula is C21H23N3O4S. The highest BCUT2D eigenvalue weighted by Crippen LogP contribution is 2.36. The lowest BCUT2D eigenvalue weighted by atomic mass is 10.1. The fourth-order valence-corrected chi connectivity index (χ4v) is 4.59. The number of benzene rings is 2. The first-order valence-corrected chi connectivity index (χ1v) is 11.5. The maximum atomic E-state index is 12.4. The number of hydrogen-bond acceptors (Lipinski definition) is 5. The summed E-state index contributed by atoms with van der Waals surface area (Å²) in [5.74, 6) is -0.109. The lowest BCUT2D eigenvalue weighted by Crippen LogP contribution is -2.44. The van der Waals surface area contributed by atoms with Gasteiger partial charge < -0.3 is 15.5 Å². The topological polar surface area (TPSA) is 95.6 Å². The van der Waals surface area contributed by atoms with Crippen molar-refractivity contribution in [2.75, 3.05) is 23.0 Å². The molecule has 29 heavy (non-hydrogen) atoms. The molecule has 0 aliphatic carbocycles. The van der Waals surface area contributed by atoms with Gasteiger partial charge in [-0.15, -0.1) is 0 Å². The number of amides is 2. The molecule has 2 N–H and O–H groups in total. The molecule has 2 aromatic carbocycles. The predicted molar refractivity (Wildman–Crippen MR) is 111 cm³/mol. The lowest BCUT2D eigenvalue weighted by Gasteiger charge is -2.32. The van der Waals surface area contributed by atoms with E-state index in [-0.39, 0.29) is 28.8 Å². The minimum atomic E-state index is -3.22. The number of para-hydroxylation sites is 2. The Bertz CT molecular complexity index is 1050. The van der Waals surface area contributed by atoms with Crippen LogP contribution in [0.2, 0.25) is 0 Å². The molecule has 0 aromatic heterocycles. The smallest absolute Gasteiger partial charge is 0.247 e. The van der Waals surface area contributed by atoms with Crippen molar-refractivity contribution in [1.29, 1.82) is 0 Å². The SMILES string of the molecule is CS(=O)(=O)c1ccc(CCC(=O)NC2CC3C(=O)Nc4ccccc4N3C2)cc1. The van der Waals surface area contributed by atoms with Gasteiger partial charge in [0, 0.05) is 25.3 Å². The van der Waals surface area contributed by atoms with E-state index in [9.17, 15) is 18.0 Å². The third kappa shape index (κ3) is 4.12. The van der Waals surface area contributed by atoms with Gasteiger partial charge in [-0.2, -0.15) is 0 Å². The van der Waals surface area contributed by atoms with Crippen LogP contribution >= 0.6 is 0 Å². The Balaban J connectivity index is 1.34. The number of aryl methyl sites for hydroxylation is 1. The Morgan fingerprint density at radius 3 is 2.62 bits per heavy atom. The van der Waals surface area contributed by atoms with Gasteiger partial charge >= 0.3 is 0 Å². The van der Waals surface area contributed by atoms with Gasteiger partial charge in [-0.3, -0.25) is 9.59 Å². The van der Waals surface area contributed by atoms with Gasteiger partial charge in [0.1, 0.15) is 6.04 Å². The van der Waals surface area contributed by atoms with E-state index >= 15 is 0 Å². The van der Waals surface area contributed by atoms with Crippen molar-refractivity contribution >= 4 is 33.0 Å². The van der Waals surface area contributed by atoms with Crippen molar-refractivity contribution in [2.45, 2.75) is 36.2 Å². The second-order valence-corrected chi connectivity index (χ2v) is 9.61. The molecule has 8 heteroatoms. The summed E-state index contributed by atoms with van der Waals surface area (Å²) < 4.78 is 23.0. The van der Waals surface area contributed by atoms with E-state index in [0.717, 1.165) is 16.9 Å². The van der Waals surface area contributed by atoms with Crippen LogP contribution < -0.4 is 15.5 Å². The Morgan fingerprint density at radius 1 is 1.17 bits per heavy atom. The number of fused-ring (bicyclic) bond motifs is 3. The van der Waals surface area contributed by atoms with Gasteiger partial charge in [0.25, 0.3) is 0 Å². The molecule has 2 aliphatic heterocycles. The highest BCUT2D eigenvalue weighted by molar-refractivity contribution is 7.90. The standard InChI is InChI=1S/C21H23N3O4S/c1-29(27,28)16-9-6-14(7-10-16)8-11-20(25)22-15-12-19-21(26)23-17-4-2-3-5-18(17)24(19)13-15/h2-7,9-10,15,19H,8,11-13H2,1H3,(H,22,25)(H,23,26). The van der Waals surface area contributed by atoms with Gasteiger partial charge in [-0.05, 0) is 42.7 Å². The number of carbonyl (C=O) groups excluding carboxylic acids is 2. The zero-order chi connectivity index (χ0) is 20.6. The van der Waals surface area contributed by atoms with E-state index in [4.69, 9.17) is 0 Å². The molecule has 0 radical (unpaired) electrons. The summed E-state index contributed by atoms with van der Waals surface area (Å²) in [5.41, 5.74) is 2.70. The number of carbonyl (C=O) groups is 2. The zero-order valence-corrected chi connectivity index (χ0v) is 16.9.